The molecule has 0 N–H and O–H groups in total. The van der Waals surface area contributed by atoms with Gasteiger partial charge in [0.2, 0.25) is 5.28 Å². The topological polar surface area (TPSA) is 127 Å². The van der Waals surface area contributed by atoms with E-state index in [9.17, 15) is 18.9 Å². The summed E-state index contributed by atoms with van der Waals surface area (Å²) in [5.74, 6) is -1.06. The van der Waals surface area contributed by atoms with Gasteiger partial charge in [0.25, 0.3) is 0 Å². The summed E-state index contributed by atoms with van der Waals surface area (Å²) in [7, 11) is 0. The fourth-order valence-corrected chi connectivity index (χ4v) is 3.51. The second-order valence-corrected chi connectivity index (χ2v) is 7.62. The van der Waals surface area contributed by atoms with Crippen LogP contribution in [0.3, 0.4) is 0 Å². The average Bonchev–Trinajstić information content (AvgIpc) is 3.24. The molecule has 0 bridgehead atoms. The molecule has 33 heavy (non-hydrogen) atoms. The number of pyridine rings is 1. The molecule has 1 atom stereocenters. The van der Waals surface area contributed by atoms with E-state index < -0.39 is 35.1 Å². The number of hydrogen-bond donors (Lipinski definition) is 0. The average molecular weight is 499 g/mol. The molecule has 0 saturated carbocycles. The predicted molar refractivity (Wildman–Crippen MR) is 113 cm³/mol. The van der Waals surface area contributed by atoms with Gasteiger partial charge in [-0.15, -0.1) is 5.10 Å². The SMILES string of the molecule is Cc1ncc(F)cc1-n1nc(OC[C@H](F)Cn2nc(Cl)c3cnc(Cl)nc32)c([N+](=O)[O-])c1C. The third-order valence-electron chi connectivity index (χ3n) is 4.68. The molecule has 4 heterocycles. The van der Waals surface area contributed by atoms with Crippen LogP contribution in [0.4, 0.5) is 14.5 Å². The van der Waals surface area contributed by atoms with Crippen LogP contribution in [0, 0.1) is 29.8 Å². The molecule has 0 unspecified atom stereocenters. The molecular weight excluding hydrogens is 485 g/mol. The molecule has 0 amide bonds. The number of rotatable bonds is 7. The van der Waals surface area contributed by atoms with Crippen LogP contribution in [0.15, 0.2) is 18.5 Å². The summed E-state index contributed by atoms with van der Waals surface area (Å²) in [6, 6.07) is 1.13. The predicted octanol–water partition coefficient (Wildman–Crippen LogP) is 3.80. The van der Waals surface area contributed by atoms with Crippen molar-refractivity contribution in [3.63, 3.8) is 0 Å². The Balaban J connectivity index is 1.58. The first-order valence-corrected chi connectivity index (χ1v) is 10.1. The van der Waals surface area contributed by atoms with E-state index in [1.807, 2.05) is 0 Å². The van der Waals surface area contributed by atoms with E-state index in [-0.39, 0.29) is 34.0 Å². The van der Waals surface area contributed by atoms with E-state index in [1.54, 1.807) is 6.92 Å². The Hall–Kier alpha value is -3.45. The van der Waals surface area contributed by atoms with E-state index in [0.29, 0.717) is 11.1 Å². The first-order chi connectivity index (χ1) is 15.7. The fraction of sp³-hybridized carbons (Fsp3) is 0.278. The highest BCUT2D eigenvalue weighted by molar-refractivity contribution is 6.34. The maximum atomic E-state index is 14.7. The molecular formula is C18H14Cl2F2N8O3. The minimum Gasteiger partial charge on any atom is -0.469 e. The van der Waals surface area contributed by atoms with E-state index in [4.69, 9.17) is 27.9 Å². The minimum atomic E-state index is -1.67. The van der Waals surface area contributed by atoms with Gasteiger partial charge in [-0.25, -0.2) is 23.1 Å². The normalized spacial score (nSPS) is 12.3. The van der Waals surface area contributed by atoms with Crippen molar-refractivity contribution in [3.8, 4) is 11.6 Å². The van der Waals surface area contributed by atoms with Gasteiger partial charge in [-0.05, 0) is 25.4 Å². The molecule has 4 aromatic heterocycles. The summed E-state index contributed by atoms with van der Waals surface area (Å²) < 4.78 is 36.1. The summed E-state index contributed by atoms with van der Waals surface area (Å²) in [4.78, 5) is 22.6. The molecule has 0 spiro atoms. The summed E-state index contributed by atoms with van der Waals surface area (Å²) in [6.07, 6.45) is 0.712. The highest BCUT2D eigenvalue weighted by Gasteiger charge is 2.29. The highest BCUT2D eigenvalue weighted by atomic mass is 35.5. The number of nitrogens with zero attached hydrogens (tertiary/aromatic N) is 8. The van der Waals surface area contributed by atoms with Crippen LogP contribution in [-0.2, 0) is 6.54 Å². The summed E-state index contributed by atoms with van der Waals surface area (Å²) in [5, 5.41) is 20.0. The number of nitro groups is 1. The summed E-state index contributed by atoms with van der Waals surface area (Å²) >= 11 is 11.8. The van der Waals surface area contributed by atoms with Gasteiger partial charge in [-0.1, -0.05) is 11.6 Å². The third-order valence-corrected chi connectivity index (χ3v) is 5.14. The Bertz CT molecular complexity index is 1380. The number of fused-ring (bicyclic) bond motifs is 1. The summed E-state index contributed by atoms with van der Waals surface area (Å²) in [5.41, 5.74) is 0.393. The van der Waals surface area contributed by atoms with E-state index >= 15 is 0 Å². The van der Waals surface area contributed by atoms with Gasteiger partial charge in [0.05, 0.1) is 34.4 Å². The van der Waals surface area contributed by atoms with Crippen LogP contribution in [-0.4, -0.2) is 52.2 Å². The number of alkyl halides is 1. The lowest BCUT2D eigenvalue weighted by Crippen LogP contribution is -2.21. The quantitative estimate of drug-likeness (QED) is 0.214. The first kappa shape index (κ1) is 22.7. The molecule has 172 valence electrons. The Labute approximate surface area is 194 Å². The zero-order valence-corrected chi connectivity index (χ0v) is 18.5. The van der Waals surface area contributed by atoms with Crippen LogP contribution >= 0.6 is 23.2 Å². The largest absolute Gasteiger partial charge is 0.469 e. The van der Waals surface area contributed by atoms with Crippen LogP contribution < -0.4 is 4.74 Å². The molecule has 0 saturated heterocycles. The van der Waals surface area contributed by atoms with Crippen molar-refractivity contribution in [2.24, 2.45) is 0 Å². The lowest BCUT2D eigenvalue weighted by molar-refractivity contribution is -0.386. The Morgan fingerprint density at radius 3 is 2.73 bits per heavy atom. The van der Waals surface area contributed by atoms with Crippen LogP contribution in [0.25, 0.3) is 16.7 Å². The maximum Gasteiger partial charge on any atom is 0.353 e. The van der Waals surface area contributed by atoms with Crippen molar-refractivity contribution < 1.29 is 18.4 Å². The zero-order chi connectivity index (χ0) is 23.9. The van der Waals surface area contributed by atoms with Crippen molar-refractivity contribution in [2.75, 3.05) is 6.61 Å². The van der Waals surface area contributed by atoms with Crippen molar-refractivity contribution in [3.05, 3.63) is 56.2 Å². The lowest BCUT2D eigenvalue weighted by Gasteiger charge is -2.09. The van der Waals surface area contributed by atoms with Gasteiger partial charge < -0.3 is 4.74 Å². The number of ether oxygens (including phenoxy) is 1. The maximum absolute atomic E-state index is 14.7. The van der Waals surface area contributed by atoms with Gasteiger partial charge in [0.15, 0.2) is 17.0 Å². The smallest absolute Gasteiger partial charge is 0.353 e. The standard InChI is InChI=1S/C18H14Cl2F2N8O3/c1-8-13(3-10(21)4-23-8)29-9(2)14(30(31)32)17(27-29)33-7-11(22)6-28-16-12(15(19)26-28)5-24-18(20)25-16/h3-5,11H,6-7H2,1-2H3/t11-/m1/s1. The van der Waals surface area contributed by atoms with Crippen molar-refractivity contribution in [1.82, 2.24) is 34.5 Å². The van der Waals surface area contributed by atoms with Gasteiger partial charge in [0.1, 0.15) is 18.1 Å². The first-order valence-electron chi connectivity index (χ1n) is 9.33. The van der Waals surface area contributed by atoms with E-state index in [0.717, 1.165) is 16.9 Å². The Morgan fingerprint density at radius 2 is 2.00 bits per heavy atom. The molecule has 0 fully saturated rings. The molecule has 0 aliphatic carbocycles. The summed E-state index contributed by atoms with van der Waals surface area (Å²) in [6.45, 7) is 2.10. The van der Waals surface area contributed by atoms with Crippen molar-refractivity contribution in [2.45, 2.75) is 26.6 Å². The van der Waals surface area contributed by atoms with E-state index in [1.165, 1.54) is 17.8 Å². The lowest BCUT2D eigenvalue weighted by atomic mass is 10.3. The van der Waals surface area contributed by atoms with Crippen LogP contribution in [0.2, 0.25) is 10.4 Å². The second-order valence-electron chi connectivity index (χ2n) is 6.92. The number of halogens is 4. The molecule has 15 heteroatoms. The zero-order valence-electron chi connectivity index (χ0n) is 17.0. The Kier molecular flexibility index (Phi) is 6.08. The molecule has 0 aliphatic rings. The van der Waals surface area contributed by atoms with Gasteiger partial charge >= 0.3 is 11.6 Å². The molecule has 0 radical (unpaired) electrons. The molecule has 4 aromatic rings. The van der Waals surface area contributed by atoms with Crippen LogP contribution in [0.1, 0.15) is 11.4 Å². The van der Waals surface area contributed by atoms with E-state index in [2.05, 4.69) is 25.1 Å². The Morgan fingerprint density at radius 1 is 1.24 bits per heavy atom. The van der Waals surface area contributed by atoms with Gasteiger partial charge in [-0.2, -0.15) is 10.1 Å². The molecule has 4 rings (SSSR count). The fourth-order valence-electron chi connectivity index (χ4n) is 3.16. The van der Waals surface area contributed by atoms with Gasteiger partial charge in [-0.3, -0.25) is 15.1 Å². The van der Waals surface area contributed by atoms with Gasteiger partial charge in [0, 0.05) is 12.3 Å². The highest BCUT2D eigenvalue weighted by Crippen LogP contribution is 2.32. The molecule has 0 aromatic carbocycles. The number of hydrogen-bond acceptors (Lipinski definition) is 8. The third kappa shape index (κ3) is 4.41. The minimum absolute atomic E-state index is 0.0641. The van der Waals surface area contributed by atoms with Crippen LogP contribution in [0.5, 0.6) is 5.88 Å². The number of aryl methyl sites for hydroxylation is 1. The monoisotopic (exact) mass is 498 g/mol. The van der Waals surface area contributed by atoms with Crippen molar-refractivity contribution in [1.29, 1.82) is 0 Å². The van der Waals surface area contributed by atoms with Crippen molar-refractivity contribution >= 4 is 39.9 Å². The molecule has 11 nitrogen and oxygen atoms in total. The number of aromatic nitrogens is 7. The molecule has 0 aliphatic heterocycles. The second kappa shape index (κ2) is 8.83.